The fourth-order valence-corrected chi connectivity index (χ4v) is 4.51. The highest BCUT2D eigenvalue weighted by atomic mass is 32.1. The van der Waals surface area contributed by atoms with Crippen molar-refractivity contribution in [1.82, 2.24) is 25.3 Å². The zero-order valence-electron chi connectivity index (χ0n) is 18.8. The lowest BCUT2D eigenvalue weighted by Gasteiger charge is -2.10. The van der Waals surface area contributed by atoms with Gasteiger partial charge in [0, 0.05) is 17.3 Å². The van der Waals surface area contributed by atoms with Crippen LogP contribution < -0.4 is 11.1 Å². The quantitative estimate of drug-likeness (QED) is 0.339. The third-order valence-electron chi connectivity index (χ3n) is 5.32. The van der Waals surface area contributed by atoms with Gasteiger partial charge in [0.25, 0.3) is 11.8 Å². The summed E-state index contributed by atoms with van der Waals surface area (Å²) < 4.78 is 48.6. The second kappa shape index (κ2) is 9.21. The first-order valence-electron chi connectivity index (χ1n) is 10.8. The van der Waals surface area contributed by atoms with Crippen molar-refractivity contribution in [2.24, 2.45) is 5.73 Å². The Morgan fingerprint density at radius 3 is 2.64 bits per heavy atom. The normalized spacial score (nSPS) is 12.7. The number of rotatable bonds is 6. The Kier molecular flexibility index (Phi) is 6.06. The predicted molar refractivity (Wildman–Crippen MR) is 128 cm³/mol. The van der Waals surface area contributed by atoms with Crippen LogP contribution in [0.15, 0.2) is 65.1 Å². The Morgan fingerprint density at radius 2 is 1.89 bits per heavy atom. The van der Waals surface area contributed by atoms with Crippen molar-refractivity contribution in [3.63, 3.8) is 0 Å². The highest BCUT2D eigenvalue weighted by Gasteiger charge is 2.36. The van der Waals surface area contributed by atoms with E-state index in [4.69, 9.17) is 10.2 Å². The van der Waals surface area contributed by atoms with Crippen LogP contribution in [-0.2, 0) is 17.5 Å². The SMILES string of the molecule is C[C@H](N)C(=O)NCc1cccc(-n2nc(C(F)(F)F)cc2-c2nnc(-c3cc4ccccc4s3)o2)c1. The van der Waals surface area contributed by atoms with Gasteiger partial charge in [-0.2, -0.15) is 18.3 Å². The molecule has 3 N–H and O–H groups in total. The number of hydrogen-bond acceptors (Lipinski definition) is 7. The zero-order chi connectivity index (χ0) is 25.4. The second-order valence-electron chi connectivity index (χ2n) is 8.06. The van der Waals surface area contributed by atoms with Crippen LogP contribution in [0.4, 0.5) is 13.2 Å². The lowest BCUT2D eigenvalue weighted by atomic mass is 10.2. The van der Waals surface area contributed by atoms with E-state index in [1.165, 1.54) is 11.3 Å². The molecule has 0 spiro atoms. The summed E-state index contributed by atoms with van der Waals surface area (Å²) in [4.78, 5) is 12.5. The van der Waals surface area contributed by atoms with E-state index in [9.17, 15) is 18.0 Å². The van der Waals surface area contributed by atoms with Crippen molar-refractivity contribution >= 4 is 27.3 Å². The molecule has 0 aliphatic carbocycles. The van der Waals surface area contributed by atoms with E-state index in [-0.39, 0.29) is 29.9 Å². The molecule has 0 fully saturated rings. The smallest absolute Gasteiger partial charge is 0.414 e. The molecule has 1 atom stereocenters. The third-order valence-corrected chi connectivity index (χ3v) is 6.42. The maximum absolute atomic E-state index is 13.6. The largest absolute Gasteiger partial charge is 0.435 e. The standard InChI is InChI=1S/C24H19F3N6O2S/c1-13(28)21(34)29-12-14-5-4-7-16(9-14)33-17(11-20(32-33)24(25,26)27)22-30-31-23(35-22)19-10-15-6-2-3-8-18(15)36-19/h2-11,13H,12,28H2,1H3,(H,29,34)/t13-/m0/s1. The first kappa shape index (κ1) is 23.7. The molecule has 0 radical (unpaired) electrons. The highest BCUT2D eigenvalue weighted by Crippen LogP contribution is 2.36. The molecule has 3 aromatic heterocycles. The molecule has 0 saturated heterocycles. The molecule has 1 amide bonds. The number of hydrogen-bond donors (Lipinski definition) is 2. The average Bonchev–Trinajstić information content (AvgIpc) is 3.59. The Labute approximate surface area is 206 Å². The number of benzene rings is 2. The molecule has 0 unspecified atom stereocenters. The number of amides is 1. The molecular formula is C24H19F3N6O2S. The molecule has 36 heavy (non-hydrogen) atoms. The summed E-state index contributed by atoms with van der Waals surface area (Å²) in [6.07, 6.45) is -4.68. The number of nitrogens with zero attached hydrogens (tertiary/aromatic N) is 4. The molecule has 184 valence electrons. The molecule has 2 aromatic carbocycles. The van der Waals surface area contributed by atoms with Crippen LogP contribution >= 0.6 is 11.3 Å². The van der Waals surface area contributed by atoms with Gasteiger partial charge < -0.3 is 15.5 Å². The summed E-state index contributed by atoms with van der Waals surface area (Å²) in [5, 5.41) is 15.5. The predicted octanol–water partition coefficient (Wildman–Crippen LogP) is 4.79. The van der Waals surface area contributed by atoms with E-state index in [0.717, 1.165) is 20.8 Å². The summed E-state index contributed by atoms with van der Waals surface area (Å²) in [7, 11) is 0. The van der Waals surface area contributed by atoms with Gasteiger partial charge in [-0.25, -0.2) is 4.68 Å². The van der Waals surface area contributed by atoms with Gasteiger partial charge in [0.1, 0.15) is 5.69 Å². The molecule has 5 aromatic rings. The van der Waals surface area contributed by atoms with E-state index < -0.39 is 17.9 Å². The molecule has 8 nitrogen and oxygen atoms in total. The molecular weight excluding hydrogens is 493 g/mol. The van der Waals surface area contributed by atoms with Gasteiger partial charge in [-0.05, 0) is 42.1 Å². The van der Waals surface area contributed by atoms with Crippen molar-refractivity contribution in [2.45, 2.75) is 25.7 Å². The van der Waals surface area contributed by atoms with Gasteiger partial charge in [0.05, 0.1) is 16.6 Å². The van der Waals surface area contributed by atoms with E-state index in [2.05, 4.69) is 20.6 Å². The summed E-state index contributed by atoms with van der Waals surface area (Å²) in [6.45, 7) is 1.70. The van der Waals surface area contributed by atoms with Crippen molar-refractivity contribution < 1.29 is 22.4 Å². The van der Waals surface area contributed by atoms with Crippen LogP contribution in [0.5, 0.6) is 0 Å². The Bertz CT molecular complexity index is 1520. The monoisotopic (exact) mass is 512 g/mol. The highest BCUT2D eigenvalue weighted by molar-refractivity contribution is 7.22. The Morgan fingerprint density at radius 1 is 1.11 bits per heavy atom. The molecule has 12 heteroatoms. The zero-order valence-corrected chi connectivity index (χ0v) is 19.6. The van der Waals surface area contributed by atoms with Gasteiger partial charge in [-0.1, -0.05) is 30.3 Å². The summed E-state index contributed by atoms with van der Waals surface area (Å²) in [5.74, 6) is -0.264. The number of alkyl halides is 3. The first-order chi connectivity index (χ1) is 17.2. The van der Waals surface area contributed by atoms with Crippen LogP contribution in [0.1, 0.15) is 18.2 Å². The Hall–Kier alpha value is -4.03. The molecule has 5 rings (SSSR count). The summed E-state index contributed by atoms with van der Waals surface area (Å²) in [6, 6.07) is 16.4. The maximum atomic E-state index is 13.6. The topological polar surface area (TPSA) is 112 Å². The van der Waals surface area contributed by atoms with E-state index in [0.29, 0.717) is 16.1 Å². The number of fused-ring (bicyclic) bond motifs is 1. The lowest BCUT2D eigenvalue weighted by Crippen LogP contribution is -2.37. The fraction of sp³-hybridized carbons (Fsp3) is 0.167. The van der Waals surface area contributed by atoms with Crippen molar-refractivity contribution in [3.05, 3.63) is 71.9 Å². The van der Waals surface area contributed by atoms with E-state index in [1.807, 2.05) is 30.3 Å². The number of carbonyl (C=O) groups excluding carboxylic acids is 1. The summed E-state index contributed by atoms with van der Waals surface area (Å²) >= 11 is 1.44. The minimum atomic E-state index is -4.68. The van der Waals surface area contributed by atoms with Gasteiger partial charge in [-0.15, -0.1) is 21.5 Å². The molecule has 3 heterocycles. The van der Waals surface area contributed by atoms with Crippen LogP contribution in [0, 0.1) is 0 Å². The van der Waals surface area contributed by atoms with Gasteiger partial charge in [-0.3, -0.25) is 4.79 Å². The number of aromatic nitrogens is 4. The number of halogens is 3. The van der Waals surface area contributed by atoms with Gasteiger partial charge >= 0.3 is 6.18 Å². The van der Waals surface area contributed by atoms with Crippen LogP contribution in [0.2, 0.25) is 0 Å². The number of nitrogens with one attached hydrogen (secondary N) is 1. The average molecular weight is 513 g/mol. The van der Waals surface area contributed by atoms with Crippen molar-refractivity contribution in [2.75, 3.05) is 0 Å². The fourth-order valence-electron chi connectivity index (χ4n) is 3.53. The maximum Gasteiger partial charge on any atom is 0.435 e. The minimum Gasteiger partial charge on any atom is -0.414 e. The summed E-state index contributed by atoms with van der Waals surface area (Å²) in [5.41, 5.74) is 5.42. The molecule has 0 saturated carbocycles. The van der Waals surface area contributed by atoms with Gasteiger partial charge in [0.15, 0.2) is 5.69 Å². The number of carbonyl (C=O) groups is 1. The minimum absolute atomic E-state index is 0.0149. The third kappa shape index (κ3) is 4.72. The number of nitrogens with two attached hydrogens (primary N) is 1. The van der Waals surface area contributed by atoms with E-state index in [1.54, 1.807) is 31.2 Å². The van der Waals surface area contributed by atoms with E-state index >= 15 is 0 Å². The van der Waals surface area contributed by atoms with Crippen LogP contribution in [0.3, 0.4) is 0 Å². The van der Waals surface area contributed by atoms with Crippen LogP contribution in [-0.4, -0.2) is 31.9 Å². The van der Waals surface area contributed by atoms with Crippen molar-refractivity contribution in [3.8, 4) is 28.0 Å². The second-order valence-corrected chi connectivity index (χ2v) is 9.15. The van der Waals surface area contributed by atoms with Gasteiger partial charge in [0.2, 0.25) is 5.91 Å². The molecule has 0 aliphatic heterocycles. The first-order valence-corrected chi connectivity index (χ1v) is 11.6. The molecule has 0 aliphatic rings. The van der Waals surface area contributed by atoms with Crippen LogP contribution in [0.25, 0.3) is 38.1 Å². The Balaban J connectivity index is 1.52. The van der Waals surface area contributed by atoms with Crippen molar-refractivity contribution in [1.29, 1.82) is 0 Å². The molecule has 0 bridgehead atoms. The lowest BCUT2D eigenvalue weighted by molar-refractivity contribution is -0.141. The number of thiophene rings is 1.